The first-order chi connectivity index (χ1) is 17.6. The Bertz CT molecular complexity index is 1200. The maximum atomic E-state index is 15.5. The molecule has 0 amide bonds. The molecule has 2 aromatic carbocycles. The molecule has 0 aromatic heterocycles. The molecule has 210 valence electrons. The average Bonchev–Trinajstić information content (AvgIpc) is 3.43. The summed E-state index contributed by atoms with van der Waals surface area (Å²) < 4.78 is 104. The van der Waals surface area contributed by atoms with Gasteiger partial charge >= 0.3 is 228 Å². The van der Waals surface area contributed by atoms with Crippen LogP contribution in [0.25, 0.3) is 0 Å². The van der Waals surface area contributed by atoms with E-state index in [1.54, 1.807) is 57.2 Å². The van der Waals surface area contributed by atoms with Crippen molar-refractivity contribution in [2.24, 2.45) is 17.8 Å². The zero-order valence-electron chi connectivity index (χ0n) is 21.0. The van der Waals surface area contributed by atoms with Crippen molar-refractivity contribution >= 4 is 36.5 Å². The van der Waals surface area contributed by atoms with Gasteiger partial charge in [0.05, 0.1) is 0 Å². The van der Waals surface area contributed by atoms with Gasteiger partial charge in [0.2, 0.25) is 0 Å². The van der Waals surface area contributed by atoms with Crippen molar-refractivity contribution in [3.8, 4) is 0 Å². The van der Waals surface area contributed by atoms with Crippen molar-refractivity contribution in [1.29, 1.82) is 0 Å². The van der Waals surface area contributed by atoms with Gasteiger partial charge in [-0.2, -0.15) is 0 Å². The Morgan fingerprint density at radius 1 is 0.868 bits per heavy atom. The summed E-state index contributed by atoms with van der Waals surface area (Å²) in [4.78, 5) is 12.1. The minimum atomic E-state index is -6.08. The summed E-state index contributed by atoms with van der Waals surface area (Å²) in [5, 5.41) is -5.51. The van der Waals surface area contributed by atoms with Crippen LogP contribution >= 0.6 is 20.2 Å². The molecule has 2 aliphatic carbocycles. The third kappa shape index (κ3) is 5.81. The number of carbonyl (C=O) groups is 1. The van der Waals surface area contributed by atoms with Gasteiger partial charge in [-0.25, -0.2) is 0 Å². The zero-order chi connectivity index (χ0) is 27.9. The van der Waals surface area contributed by atoms with E-state index in [-0.39, 0.29) is 19.3 Å². The summed E-state index contributed by atoms with van der Waals surface area (Å²) in [6.45, 7) is 4.79. The van der Waals surface area contributed by atoms with Gasteiger partial charge in [0.1, 0.15) is 0 Å². The summed E-state index contributed by atoms with van der Waals surface area (Å²) in [6.07, 6.45) is -2.12. The Balaban J connectivity index is 1.58. The first-order valence-corrected chi connectivity index (χ1v) is 16.5. The first-order valence-electron chi connectivity index (χ1n) is 12.0. The van der Waals surface area contributed by atoms with Crippen molar-refractivity contribution in [1.82, 2.24) is 0 Å². The van der Waals surface area contributed by atoms with Gasteiger partial charge in [-0.3, -0.25) is 0 Å². The molecule has 6 nitrogen and oxygen atoms in total. The fraction of sp³-hybridized carbons (Fsp3) is 0.500. The van der Waals surface area contributed by atoms with E-state index in [2.05, 4.69) is 0 Å². The van der Waals surface area contributed by atoms with E-state index in [1.165, 1.54) is 24.3 Å². The molecule has 0 saturated heterocycles. The zero-order valence-corrected chi connectivity index (χ0v) is 23.9. The number of alkyl halides is 4. The van der Waals surface area contributed by atoms with Gasteiger partial charge in [0.25, 0.3) is 0 Å². The monoisotopic (exact) mass is 672 g/mol. The van der Waals surface area contributed by atoms with E-state index in [4.69, 9.17) is 12.0 Å². The minimum absolute atomic E-state index is 0.122. The molecule has 2 bridgehead atoms. The molecule has 12 heteroatoms. The van der Waals surface area contributed by atoms with Crippen LogP contribution in [0.3, 0.4) is 0 Å². The van der Waals surface area contributed by atoms with Gasteiger partial charge < -0.3 is 0 Å². The van der Waals surface area contributed by atoms with E-state index >= 15 is 17.6 Å². The SMILES string of the molecule is CC(C)(C)OC(=O)OC1CC2CC1C(C(F)(F)C(F)(F)S(=O)(=O)OI(c1ccccc1)c1ccccc1)C2. The third-order valence-electron chi connectivity index (χ3n) is 6.57. The molecule has 2 fully saturated rings. The maximum absolute atomic E-state index is 15.5. The Hall–Kier alpha value is -1.93. The molecule has 0 aliphatic heterocycles. The summed E-state index contributed by atoms with van der Waals surface area (Å²) in [6, 6.07) is 15.8. The van der Waals surface area contributed by atoms with E-state index in [0.29, 0.717) is 7.14 Å². The molecule has 0 N–H and O–H groups in total. The molecule has 4 rings (SSSR count). The summed E-state index contributed by atoms with van der Waals surface area (Å²) in [7, 11) is -6.08. The van der Waals surface area contributed by atoms with E-state index in [9.17, 15) is 13.2 Å². The Morgan fingerprint density at radius 3 is 1.87 bits per heavy atom. The van der Waals surface area contributed by atoms with Crippen LogP contribution in [-0.4, -0.2) is 37.5 Å². The molecular formula is C26H29F4IO6S. The van der Waals surface area contributed by atoms with Crippen LogP contribution < -0.4 is 0 Å². The molecule has 4 unspecified atom stereocenters. The number of benzene rings is 2. The quantitative estimate of drug-likeness (QED) is 0.169. The molecule has 0 spiro atoms. The second-order valence-electron chi connectivity index (χ2n) is 10.5. The standard InChI is InChI=1S/C26H29F4IO6S/c1-24(2,3)36-23(32)35-22-16-17-14-20(22)21(15-17)25(27,28)26(29,30)38(33,34)37-31(18-10-6-4-7-11-18)19-12-8-5-9-13-19/h4-13,17,20-22H,14-16H2,1-3H3. The Kier molecular flexibility index (Phi) is 8.08. The third-order valence-corrected chi connectivity index (χ3v) is 14.0. The van der Waals surface area contributed by atoms with Gasteiger partial charge in [0, 0.05) is 0 Å². The molecule has 0 heterocycles. The molecule has 2 aliphatic rings. The van der Waals surface area contributed by atoms with Crippen molar-refractivity contribution in [2.75, 3.05) is 0 Å². The van der Waals surface area contributed by atoms with Crippen LogP contribution in [0.2, 0.25) is 0 Å². The number of ether oxygens (including phenoxy) is 2. The molecule has 38 heavy (non-hydrogen) atoms. The van der Waals surface area contributed by atoms with Crippen molar-refractivity contribution in [3.05, 3.63) is 67.8 Å². The molecular weight excluding hydrogens is 643 g/mol. The van der Waals surface area contributed by atoms with E-state index in [0.717, 1.165) is 0 Å². The molecule has 2 aromatic rings. The number of fused-ring (bicyclic) bond motifs is 2. The predicted octanol–water partition coefficient (Wildman–Crippen LogP) is 7.09. The first kappa shape index (κ1) is 29.1. The fourth-order valence-corrected chi connectivity index (χ4v) is 12.1. The Morgan fingerprint density at radius 2 is 1.39 bits per heavy atom. The number of carbonyl (C=O) groups excluding carboxylic acids is 1. The molecule has 0 radical (unpaired) electrons. The van der Waals surface area contributed by atoms with Gasteiger partial charge in [0.15, 0.2) is 0 Å². The van der Waals surface area contributed by atoms with Gasteiger partial charge in [-0.05, 0) is 0 Å². The number of hydrogen-bond donors (Lipinski definition) is 0. The van der Waals surface area contributed by atoms with E-state index in [1.807, 2.05) is 0 Å². The fourth-order valence-electron chi connectivity index (χ4n) is 5.00. The topological polar surface area (TPSA) is 78.9 Å². The molecule has 4 atom stereocenters. The van der Waals surface area contributed by atoms with Crippen molar-refractivity contribution < 1.29 is 42.8 Å². The number of hydrogen-bond acceptors (Lipinski definition) is 6. The molecule has 2 saturated carbocycles. The van der Waals surface area contributed by atoms with Crippen LogP contribution in [0.5, 0.6) is 0 Å². The van der Waals surface area contributed by atoms with Crippen LogP contribution in [0.15, 0.2) is 60.7 Å². The van der Waals surface area contributed by atoms with Crippen LogP contribution in [0, 0.1) is 24.9 Å². The van der Waals surface area contributed by atoms with Crippen LogP contribution in [0.4, 0.5) is 22.4 Å². The summed E-state index contributed by atoms with van der Waals surface area (Å²) in [5.41, 5.74) is -0.894. The Labute approximate surface area is 227 Å². The van der Waals surface area contributed by atoms with Crippen molar-refractivity contribution in [3.63, 3.8) is 0 Å². The predicted molar refractivity (Wildman–Crippen MR) is 140 cm³/mol. The second kappa shape index (κ2) is 10.6. The average molecular weight is 672 g/mol. The van der Waals surface area contributed by atoms with Crippen LogP contribution in [-0.2, 0) is 22.1 Å². The summed E-state index contributed by atoms with van der Waals surface area (Å²) in [5.74, 6) is -8.52. The van der Waals surface area contributed by atoms with Crippen LogP contribution in [0.1, 0.15) is 40.0 Å². The number of halogens is 5. The normalized spacial score (nSPS) is 24.2. The second-order valence-corrected chi connectivity index (χ2v) is 17.0. The summed E-state index contributed by atoms with van der Waals surface area (Å²) >= 11 is -3.56. The number of rotatable bonds is 8. The van der Waals surface area contributed by atoms with Gasteiger partial charge in [-0.15, -0.1) is 0 Å². The van der Waals surface area contributed by atoms with E-state index < -0.39 is 77.1 Å². The van der Waals surface area contributed by atoms with Gasteiger partial charge in [-0.1, -0.05) is 0 Å². The van der Waals surface area contributed by atoms with Crippen molar-refractivity contribution in [2.45, 2.75) is 62.9 Å².